The first-order valence-electron chi connectivity index (χ1n) is 7.06. The summed E-state index contributed by atoms with van der Waals surface area (Å²) in [6.07, 6.45) is 4.57. The maximum Gasteiger partial charge on any atom is 0.302 e. The lowest BCUT2D eigenvalue weighted by Crippen LogP contribution is -2.02. The van der Waals surface area contributed by atoms with Gasteiger partial charge in [0.1, 0.15) is 6.29 Å². The Hall–Kier alpha value is -2.04. The first-order valence-corrected chi connectivity index (χ1v) is 7.06. The van der Waals surface area contributed by atoms with E-state index in [1.165, 1.54) is 6.92 Å². The fourth-order valence-corrected chi connectivity index (χ4v) is 1.83. The summed E-state index contributed by atoms with van der Waals surface area (Å²) in [5.74, 6) is 0.974. The van der Waals surface area contributed by atoms with E-state index < -0.39 is 0 Å². The minimum atomic E-state index is -0.232. The number of aldehydes is 1. The van der Waals surface area contributed by atoms with Crippen LogP contribution in [0, 0.1) is 0 Å². The van der Waals surface area contributed by atoms with E-state index >= 15 is 0 Å². The first kappa shape index (κ1) is 17.0. The zero-order valence-electron chi connectivity index (χ0n) is 12.6. The minimum Gasteiger partial charge on any atom is -0.493 e. The van der Waals surface area contributed by atoms with Crippen LogP contribution in [0.5, 0.6) is 11.5 Å². The number of hydrogen-bond donors (Lipinski definition) is 0. The Morgan fingerprint density at radius 2 is 1.81 bits per heavy atom. The van der Waals surface area contributed by atoms with E-state index in [4.69, 9.17) is 14.2 Å². The molecule has 0 N–H and O–H groups in total. The molecule has 0 aromatic heterocycles. The zero-order chi connectivity index (χ0) is 15.5. The number of ether oxygens (including phenoxy) is 3. The molecule has 0 atom stereocenters. The lowest BCUT2D eigenvalue weighted by molar-refractivity contribution is -0.141. The Morgan fingerprint density at radius 3 is 2.43 bits per heavy atom. The van der Waals surface area contributed by atoms with E-state index in [1.807, 2.05) is 0 Å². The number of benzene rings is 1. The van der Waals surface area contributed by atoms with Crippen LogP contribution >= 0.6 is 0 Å². The van der Waals surface area contributed by atoms with Crippen molar-refractivity contribution in [3.05, 3.63) is 23.8 Å². The highest BCUT2D eigenvalue weighted by molar-refractivity contribution is 5.76. The second-order valence-corrected chi connectivity index (χ2v) is 4.63. The van der Waals surface area contributed by atoms with Gasteiger partial charge in [0.05, 0.1) is 20.3 Å². The fourth-order valence-electron chi connectivity index (χ4n) is 1.83. The van der Waals surface area contributed by atoms with Gasteiger partial charge >= 0.3 is 5.97 Å². The standard InChI is InChI=1S/C16H22O5/c1-13(18)20-9-5-3-4-6-10-21-15-8-7-14(12-17)11-16(15)19-2/h7-8,11-12H,3-6,9-10H2,1-2H3. The molecule has 0 aliphatic carbocycles. The Labute approximate surface area is 125 Å². The van der Waals surface area contributed by atoms with Gasteiger partial charge in [-0.3, -0.25) is 9.59 Å². The summed E-state index contributed by atoms with van der Waals surface area (Å²) in [6, 6.07) is 5.09. The lowest BCUT2D eigenvalue weighted by Gasteiger charge is -2.11. The van der Waals surface area contributed by atoms with E-state index in [1.54, 1.807) is 25.3 Å². The summed E-state index contributed by atoms with van der Waals surface area (Å²) < 4.78 is 15.7. The average molecular weight is 294 g/mol. The molecule has 0 aliphatic rings. The molecule has 0 bridgehead atoms. The molecule has 0 aliphatic heterocycles. The molecule has 5 nitrogen and oxygen atoms in total. The van der Waals surface area contributed by atoms with Gasteiger partial charge in [-0.2, -0.15) is 0 Å². The smallest absolute Gasteiger partial charge is 0.302 e. The fraction of sp³-hybridized carbons (Fsp3) is 0.500. The predicted molar refractivity (Wildman–Crippen MR) is 79.0 cm³/mol. The van der Waals surface area contributed by atoms with E-state index in [0.29, 0.717) is 30.3 Å². The minimum absolute atomic E-state index is 0.232. The summed E-state index contributed by atoms with van der Waals surface area (Å²) in [7, 11) is 1.55. The zero-order valence-corrected chi connectivity index (χ0v) is 12.6. The summed E-state index contributed by atoms with van der Waals surface area (Å²) in [6.45, 7) is 2.48. The Kier molecular flexibility index (Phi) is 7.94. The van der Waals surface area contributed by atoms with Crippen LogP contribution in [-0.4, -0.2) is 32.6 Å². The molecule has 1 aromatic rings. The Morgan fingerprint density at radius 1 is 1.10 bits per heavy atom. The SMILES string of the molecule is COc1cc(C=O)ccc1OCCCCCCOC(C)=O. The van der Waals surface area contributed by atoms with Crippen molar-refractivity contribution in [2.75, 3.05) is 20.3 Å². The maximum absolute atomic E-state index is 10.7. The third kappa shape index (κ3) is 6.79. The molecule has 0 saturated heterocycles. The highest BCUT2D eigenvalue weighted by Crippen LogP contribution is 2.27. The van der Waals surface area contributed by atoms with Gasteiger partial charge < -0.3 is 14.2 Å². The average Bonchev–Trinajstić information content (AvgIpc) is 2.49. The third-order valence-corrected chi connectivity index (χ3v) is 2.93. The van der Waals surface area contributed by atoms with Gasteiger partial charge in [0.25, 0.3) is 0 Å². The Bertz CT molecular complexity index is 456. The molecular formula is C16H22O5. The van der Waals surface area contributed by atoms with Crippen LogP contribution in [0.25, 0.3) is 0 Å². The van der Waals surface area contributed by atoms with Crippen LogP contribution < -0.4 is 9.47 Å². The van der Waals surface area contributed by atoms with Crippen LogP contribution in [0.1, 0.15) is 43.0 Å². The first-order chi connectivity index (χ1) is 10.2. The van der Waals surface area contributed by atoms with Gasteiger partial charge in [0.15, 0.2) is 11.5 Å². The molecule has 5 heteroatoms. The molecule has 0 fully saturated rings. The highest BCUT2D eigenvalue weighted by Gasteiger charge is 2.05. The molecule has 0 unspecified atom stereocenters. The van der Waals surface area contributed by atoms with Gasteiger partial charge in [-0.1, -0.05) is 0 Å². The van der Waals surface area contributed by atoms with Crippen molar-refractivity contribution in [1.82, 2.24) is 0 Å². The number of rotatable bonds is 10. The summed E-state index contributed by atoms with van der Waals surface area (Å²) in [5, 5.41) is 0. The normalized spacial score (nSPS) is 10.0. The van der Waals surface area contributed by atoms with E-state index in [0.717, 1.165) is 32.0 Å². The predicted octanol–water partition coefficient (Wildman–Crippen LogP) is 3.01. The van der Waals surface area contributed by atoms with Crippen LogP contribution in [0.2, 0.25) is 0 Å². The number of unbranched alkanes of at least 4 members (excludes halogenated alkanes) is 3. The number of esters is 1. The molecule has 0 saturated carbocycles. The Balaban J connectivity index is 2.20. The van der Waals surface area contributed by atoms with Crippen LogP contribution in [0.3, 0.4) is 0 Å². The van der Waals surface area contributed by atoms with Crippen molar-refractivity contribution < 1.29 is 23.8 Å². The van der Waals surface area contributed by atoms with Crippen LogP contribution in [-0.2, 0) is 9.53 Å². The lowest BCUT2D eigenvalue weighted by atomic mass is 10.2. The van der Waals surface area contributed by atoms with Gasteiger partial charge in [-0.05, 0) is 43.9 Å². The molecule has 1 rings (SSSR count). The highest BCUT2D eigenvalue weighted by atomic mass is 16.5. The van der Waals surface area contributed by atoms with E-state index in [9.17, 15) is 9.59 Å². The van der Waals surface area contributed by atoms with Gasteiger partial charge in [0.2, 0.25) is 0 Å². The summed E-state index contributed by atoms with van der Waals surface area (Å²) in [4.78, 5) is 21.3. The number of carbonyl (C=O) groups excluding carboxylic acids is 2. The monoisotopic (exact) mass is 294 g/mol. The second kappa shape index (κ2) is 9.80. The largest absolute Gasteiger partial charge is 0.493 e. The van der Waals surface area contributed by atoms with Crippen molar-refractivity contribution in [2.45, 2.75) is 32.6 Å². The second-order valence-electron chi connectivity index (χ2n) is 4.63. The van der Waals surface area contributed by atoms with Crippen molar-refractivity contribution in [3.63, 3.8) is 0 Å². The molecular weight excluding hydrogens is 272 g/mol. The van der Waals surface area contributed by atoms with Crippen LogP contribution in [0.15, 0.2) is 18.2 Å². The summed E-state index contributed by atoms with van der Waals surface area (Å²) in [5.41, 5.74) is 0.560. The topological polar surface area (TPSA) is 61.8 Å². The molecule has 21 heavy (non-hydrogen) atoms. The van der Waals surface area contributed by atoms with Gasteiger partial charge in [-0.15, -0.1) is 0 Å². The third-order valence-electron chi connectivity index (χ3n) is 2.93. The maximum atomic E-state index is 10.7. The van der Waals surface area contributed by atoms with E-state index in [2.05, 4.69) is 0 Å². The quantitative estimate of drug-likeness (QED) is 0.377. The molecule has 0 heterocycles. The van der Waals surface area contributed by atoms with Gasteiger partial charge in [0, 0.05) is 12.5 Å². The summed E-state index contributed by atoms with van der Waals surface area (Å²) >= 11 is 0. The van der Waals surface area contributed by atoms with Crippen LogP contribution in [0.4, 0.5) is 0 Å². The van der Waals surface area contributed by atoms with Crippen molar-refractivity contribution in [1.29, 1.82) is 0 Å². The van der Waals surface area contributed by atoms with Crippen molar-refractivity contribution in [2.24, 2.45) is 0 Å². The van der Waals surface area contributed by atoms with E-state index in [-0.39, 0.29) is 5.97 Å². The molecule has 116 valence electrons. The number of hydrogen-bond acceptors (Lipinski definition) is 5. The van der Waals surface area contributed by atoms with Crippen molar-refractivity contribution in [3.8, 4) is 11.5 Å². The molecule has 0 amide bonds. The number of carbonyl (C=O) groups is 2. The van der Waals surface area contributed by atoms with Gasteiger partial charge in [-0.25, -0.2) is 0 Å². The molecule has 1 aromatic carbocycles. The molecule has 0 spiro atoms. The van der Waals surface area contributed by atoms with Crippen molar-refractivity contribution >= 4 is 12.3 Å². The molecule has 0 radical (unpaired) electrons. The number of methoxy groups -OCH3 is 1.